The van der Waals surface area contributed by atoms with Gasteiger partial charge < -0.3 is 18.9 Å². The molecule has 0 amide bonds. The number of benzene rings is 1. The maximum atomic E-state index is 9.58. The Morgan fingerprint density at radius 3 is 2.14 bits per heavy atom. The largest absolute Gasteiger partial charge is 0.496 e. The number of nitrogens with zero attached hydrogens (tertiary/aromatic N) is 2. The van der Waals surface area contributed by atoms with Crippen LogP contribution in [0.15, 0.2) is 12.1 Å². The van der Waals surface area contributed by atoms with Gasteiger partial charge in [-0.25, -0.2) is 0 Å². The maximum Gasteiger partial charge on any atom is 0.164 e. The van der Waals surface area contributed by atoms with Gasteiger partial charge in [-0.15, -0.1) is 0 Å². The molecule has 0 saturated carbocycles. The summed E-state index contributed by atoms with van der Waals surface area (Å²) in [5.74, 6) is 1.78. The van der Waals surface area contributed by atoms with E-state index in [1.54, 1.807) is 33.5 Å². The molecule has 114 valence electrons. The maximum absolute atomic E-state index is 9.58. The van der Waals surface area contributed by atoms with Gasteiger partial charge in [0.05, 0.1) is 40.6 Å². The molecule has 0 unspecified atom stereocenters. The minimum Gasteiger partial charge on any atom is -0.496 e. The summed E-state index contributed by atoms with van der Waals surface area (Å²) in [6.07, 6.45) is 0. The molecule has 6 nitrogen and oxygen atoms in total. The van der Waals surface area contributed by atoms with Gasteiger partial charge in [-0.05, 0) is 6.07 Å². The average molecular weight is 292 g/mol. The number of rotatable bonds is 5. The Labute approximate surface area is 124 Å². The van der Waals surface area contributed by atoms with E-state index in [-0.39, 0.29) is 0 Å². The van der Waals surface area contributed by atoms with Crippen LogP contribution in [-0.2, 0) is 4.74 Å². The lowest BCUT2D eigenvalue weighted by Gasteiger charge is -2.31. The van der Waals surface area contributed by atoms with Crippen LogP contribution in [0, 0.1) is 11.3 Å². The van der Waals surface area contributed by atoms with Crippen molar-refractivity contribution in [3.05, 3.63) is 17.7 Å². The molecule has 1 aliphatic rings. The SMILES string of the molecule is COc1cc(OC)c([C@H](C#N)N2CCOCC2)cc1OC. The Hall–Kier alpha value is -1.97. The smallest absolute Gasteiger partial charge is 0.164 e. The van der Waals surface area contributed by atoms with Gasteiger partial charge in [-0.2, -0.15) is 5.26 Å². The van der Waals surface area contributed by atoms with Gasteiger partial charge in [0.25, 0.3) is 0 Å². The van der Waals surface area contributed by atoms with Gasteiger partial charge in [-0.3, -0.25) is 4.90 Å². The molecule has 0 spiro atoms. The molecule has 0 radical (unpaired) electrons. The molecule has 6 heteroatoms. The molecule has 1 aliphatic heterocycles. The quantitative estimate of drug-likeness (QED) is 0.821. The second kappa shape index (κ2) is 7.16. The first-order valence-electron chi connectivity index (χ1n) is 6.76. The highest BCUT2D eigenvalue weighted by Crippen LogP contribution is 2.39. The van der Waals surface area contributed by atoms with E-state index in [1.807, 2.05) is 0 Å². The van der Waals surface area contributed by atoms with Crippen molar-refractivity contribution in [3.8, 4) is 23.3 Å². The predicted octanol–water partition coefficient (Wildman–Crippen LogP) is 1.61. The van der Waals surface area contributed by atoms with E-state index in [0.29, 0.717) is 30.5 Å². The van der Waals surface area contributed by atoms with Crippen molar-refractivity contribution in [3.63, 3.8) is 0 Å². The summed E-state index contributed by atoms with van der Waals surface area (Å²) < 4.78 is 21.4. The predicted molar refractivity (Wildman–Crippen MR) is 76.8 cm³/mol. The van der Waals surface area contributed by atoms with Crippen LogP contribution < -0.4 is 14.2 Å². The molecular formula is C15H20N2O4. The topological polar surface area (TPSA) is 64.0 Å². The molecule has 1 fully saturated rings. The van der Waals surface area contributed by atoms with E-state index in [4.69, 9.17) is 18.9 Å². The second-order valence-electron chi connectivity index (χ2n) is 4.63. The Kier molecular flexibility index (Phi) is 5.26. The lowest BCUT2D eigenvalue weighted by molar-refractivity contribution is 0.0262. The van der Waals surface area contributed by atoms with Crippen LogP contribution in [-0.4, -0.2) is 52.5 Å². The highest BCUT2D eigenvalue weighted by Gasteiger charge is 2.26. The summed E-state index contributed by atoms with van der Waals surface area (Å²) >= 11 is 0. The number of ether oxygens (including phenoxy) is 4. The van der Waals surface area contributed by atoms with Crippen LogP contribution in [0.4, 0.5) is 0 Å². The van der Waals surface area contributed by atoms with Gasteiger partial charge in [0, 0.05) is 24.7 Å². The minimum atomic E-state index is -0.399. The average Bonchev–Trinajstić information content (AvgIpc) is 2.56. The highest BCUT2D eigenvalue weighted by atomic mass is 16.5. The fourth-order valence-corrected chi connectivity index (χ4v) is 2.45. The van der Waals surface area contributed by atoms with Gasteiger partial charge >= 0.3 is 0 Å². The van der Waals surface area contributed by atoms with Crippen LogP contribution in [0.3, 0.4) is 0 Å². The van der Waals surface area contributed by atoms with Gasteiger partial charge in [-0.1, -0.05) is 0 Å². The van der Waals surface area contributed by atoms with Crippen molar-refractivity contribution in [2.75, 3.05) is 47.6 Å². The van der Waals surface area contributed by atoms with Crippen molar-refractivity contribution in [2.45, 2.75) is 6.04 Å². The van der Waals surface area contributed by atoms with Gasteiger partial charge in [0.1, 0.15) is 11.8 Å². The van der Waals surface area contributed by atoms with E-state index in [9.17, 15) is 5.26 Å². The van der Waals surface area contributed by atoms with Gasteiger partial charge in [0.2, 0.25) is 0 Å². The van der Waals surface area contributed by atoms with Crippen molar-refractivity contribution < 1.29 is 18.9 Å². The first kappa shape index (κ1) is 15.4. The van der Waals surface area contributed by atoms with Crippen LogP contribution in [0.1, 0.15) is 11.6 Å². The van der Waals surface area contributed by atoms with Crippen molar-refractivity contribution in [2.24, 2.45) is 0 Å². The zero-order chi connectivity index (χ0) is 15.2. The number of hydrogen-bond donors (Lipinski definition) is 0. The van der Waals surface area contributed by atoms with Crippen LogP contribution in [0.2, 0.25) is 0 Å². The minimum absolute atomic E-state index is 0.399. The van der Waals surface area contributed by atoms with Crippen LogP contribution in [0.5, 0.6) is 17.2 Å². The van der Waals surface area contributed by atoms with Crippen LogP contribution >= 0.6 is 0 Å². The van der Waals surface area contributed by atoms with E-state index in [0.717, 1.165) is 18.7 Å². The Bertz CT molecular complexity index is 521. The highest BCUT2D eigenvalue weighted by molar-refractivity contribution is 5.53. The first-order chi connectivity index (χ1) is 10.2. The van der Waals surface area contributed by atoms with E-state index in [2.05, 4.69) is 11.0 Å². The third-order valence-electron chi connectivity index (χ3n) is 3.56. The van der Waals surface area contributed by atoms with E-state index < -0.39 is 6.04 Å². The zero-order valence-electron chi connectivity index (χ0n) is 12.6. The molecule has 21 heavy (non-hydrogen) atoms. The second-order valence-corrected chi connectivity index (χ2v) is 4.63. The number of methoxy groups -OCH3 is 3. The molecule has 1 heterocycles. The molecule has 1 aromatic carbocycles. The Morgan fingerprint density at radius 2 is 1.62 bits per heavy atom. The normalized spacial score (nSPS) is 16.9. The summed E-state index contributed by atoms with van der Waals surface area (Å²) in [7, 11) is 4.73. The summed E-state index contributed by atoms with van der Waals surface area (Å²) in [5, 5.41) is 9.58. The van der Waals surface area contributed by atoms with Crippen molar-refractivity contribution in [1.29, 1.82) is 5.26 Å². The molecule has 0 bridgehead atoms. The number of nitriles is 1. The third-order valence-corrected chi connectivity index (χ3v) is 3.56. The lowest BCUT2D eigenvalue weighted by Crippen LogP contribution is -2.38. The molecule has 0 aromatic heterocycles. The summed E-state index contributed by atoms with van der Waals surface area (Å²) in [6.45, 7) is 2.70. The Morgan fingerprint density at radius 1 is 1.05 bits per heavy atom. The van der Waals surface area contributed by atoms with Crippen molar-refractivity contribution >= 4 is 0 Å². The molecule has 1 atom stereocenters. The fourth-order valence-electron chi connectivity index (χ4n) is 2.45. The van der Waals surface area contributed by atoms with Crippen LogP contribution in [0.25, 0.3) is 0 Å². The van der Waals surface area contributed by atoms with Crippen molar-refractivity contribution in [1.82, 2.24) is 4.90 Å². The summed E-state index contributed by atoms with van der Waals surface area (Å²) in [5.41, 5.74) is 0.777. The monoisotopic (exact) mass is 292 g/mol. The molecule has 1 aromatic rings. The molecule has 0 N–H and O–H groups in total. The fraction of sp³-hybridized carbons (Fsp3) is 0.533. The molecular weight excluding hydrogens is 272 g/mol. The number of morpholine rings is 1. The molecule has 1 saturated heterocycles. The first-order valence-corrected chi connectivity index (χ1v) is 6.76. The molecule has 0 aliphatic carbocycles. The standard InChI is InChI=1S/C15H20N2O4/c1-18-13-9-15(20-3)14(19-2)8-11(13)12(10-16)17-4-6-21-7-5-17/h8-9,12H,4-7H2,1-3H3/t12-/m0/s1. The summed E-state index contributed by atoms with van der Waals surface area (Å²) in [6, 6.07) is 5.50. The third kappa shape index (κ3) is 3.20. The Balaban J connectivity index is 2.41. The van der Waals surface area contributed by atoms with Gasteiger partial charge in [0.15, 0.2) is 11.5 Å². The van der Waals surface area contributed by atoms with E-state index >= 15 is 0 Å². The molecule has 2 rings (SSSR count). The zero-order valence-corrected chi connectivity index (χ0v) is 12.6. The summed E-state index contributed by atoms with van der Waals surface area (Å²) in [4.78, 5) is 2.08. The lowest BCUT2D eigenvalue weighted by atomic mass is 10.0. The number of hydrogen-bond acceptors (Lipinski definition) is 6. The van der Waals surface area contributed by atoms with E-state index in [1.165, 1.54) is 0 Å².